The lowest BCUT2D eigenvalue weighted by Crippen LogP contribution is -2.30. The Hall–Kier alpha value is -2.10. The number of hydrogen-bond acceptors (Lipinski definition) is 4. The standard InChI is InChI=1S/C18H20O4/c1-3-12-10-17(20)22-18-11(2)15(9-8-13(12)18)21-16-7-5-4-6-14(16)19/h8-10,16H,3-7H2,1-2H3/t16-/m1/s1. The molecule has 0 unspecified atom stereocenters. The lowest BCUT2D eigenvalue weighted by atomic mass is 9.96. The van der Waals surface area contributed by atoms with Crippen molar-refractivity contribution in [2.75, 3.05) is 0 Å². The van der Waals surface area contributed by atoms with Gasteiger partial charge in [-0.05, 0) is 50.3 Å². The van der Waals surface area contributed by atoms with Crippen LogP contribution in [0.5, 0.6) is 5.75 Å². The molecule has 0 spiro atoms. The first-order chi connectivity index (χ1) is 10.6. The molecule has 0 aliphatic heterocycles. The fourth-order valence-electron chi connectivity index (χ4n) is 3.06. The minimum atomic E-state index is -0.369. The Morgan fingerprint density at radius 1 is 1.27 bits per heavy atom. The summed E-state index contributed by atoms with van der Waals surface area (Å²) in [7, 11) is 0. The van der Waals surface area contributed by atoms with Crippen LogP contribution in [-0.4, -0.2) is 11.9 Å². The fourth-order valence-corrected chi connectivity index (χ4v) is 3.06. The SMILES string of the molecule is CCc1cc(=O)oc2c(C)c(O[C@@H]3CCCCC3=O)ccc12. The minimum absolute atomic E-state index is 0.162. The Balaban J connectivity index is 2.03. The Bertz CT molecular complexity index is 772. The number of aryl methyl sites for hydroxylation is 2. The van der Waals surface area contributed by atoms with Crippen LogP contribution in [0, 0.1) is 6.92 Å². The van der Waals surface area contributed by atoms with Gasteiger partial charge >= 0.3 is 5.63 Å². The predicted molar refractivity (Wildman–Crippen MR) is 84.5 cm³/mol. The summed E-state index contributed by atoms with van der Waals surface area (Å²) in [5, 5.41) is 0.932. The van der Waals surface area contributed by atoms with E-state index in [2.05, 4.69) is 0 Å². The highest BCUT2D eigenvalue weighted by Gasteiger charge is 2.25. The van der Waals surface area contributed by atoms with Crippen LogP contribution in [0.4, 0.5) is 0 Å². The monoisotopic (exact) mass is 300 g/mol. The molecule has 0 saturated heterocycles. The van der Waals surface area contributed by atoms with Crippen molar-refractivity contribution in [3.8, 4) is 5.75 Å². The van der Waals surface area contributed by atoms with E-state index in [9.17, 15) is 9.59 Å². The first kappa shape index (κ1) is 14.8. The van der Waals surface area contributed by atoms with Crippen LogP contribution >= 0.6 is 0 Å². The van der Waals surface area contributed by atoms with Gasteiger partial charge in [0.05, 0.1) is 0 Å². The van der Waals surface area contributed by atoms with Crippen LogP contribution in [-0.2, 0) is 11.2 Å². The molecule has 116 valence electrons. The van der Waals surface area contributed by atoms with Crippen molar-refractivity contribution < 1.29 is 13.9 Å². The molecule has 1 aromatic carbocycles. The molecule has 22 heavy (non-hydrogen) atoms. The first-order valence-electron chi connectivity index (χ1n) is 7.86. The normalized spacial score (nSPS) is 18.6. The second-order valence-electron chi connectivity index (χ2n) is 5.83. The van der Waals surface area contributed by atoms with Crippen LogP contribution in [0.15, 0.2) is 27.4 Å². The molecule has 2 aromatic rings. The molecule has 0 amide bonds. The molecule has 1 aromatic heterocycles. The van der Waals surface area contributed by atoms with Crippen molar-refractivity contribution >= 4 is 16.8 Å². The smallest absolute Gasteiger partial charge is 0.336 e. The molecule has 1 fully saturated rings. The van der Waals surface area contributed by atoms with Crippen molar-refractivity contribution in [1.29, 1.82) is 0 Å². The van der Waals surface area contributed by atoms with Crippen molar-refractivity contribution in [2.24, 2.45) is 0 Å². The third-order valence-corrected chi connectivity index (χ3v) is 4.35. The van der Waals surface area contributed by atoms with Crippen molar-refractivity contribution in [3.63, 3.8) is 0 Å². The molecule has 0 N–H and O–H groups in total. The van der Waals surface area contributed by atoms with Gasteiger partial charge in [0.25, 0.3) is 0 Å². The molecule has 1 aliphatic rings. The van der Waals surface area contributed by atoms with E-state index in [4.69, 9.17) is 9.15 Å². The number of carbonyl (C=O) groups excluding carboxylic acids is 1. The number of ketones is 1. The van der Waals surface area contributed by atoms with Crippen LogP contribution in [0.3, 0.4) is 0 Å². The van der Waals surface area contributed by atoms with Crippen LogP contribution in [0.1, 0.15) is 43.7 Å². The maximum atomic E-state index is 11.9. The van der Waals surface area contributed by atoms with E-state index in [0.29, 0.717) is 17.8 Å². The second-order valence-corrected chi connectivity index (χ2v) is 5.83. The molecule has 0 radical (unpaired) electrons. The minimum Gasteiger partial charge on any atom is -0.482 e. The quantitative estimate of drug-likeness (QED) is 0.813. The Kier molecular flexibility index (Phi) is 4.01. The van der Waals surface area contributed by atoms with Gasteiger partial charge in [-0.15, -0.1) is 0 Å². The highest BCUT2D eigenvalue weighted by atomic mass is 16.5. The number of hydrogen-bond donors (Lipinski definition) is 0. The highest BCUT2D eigenvalue weighted by molar-refractivity contribution is 5.86. The number of carbonyl (C=O) groups is 1. The lowest BCUT2D eigenvalue weighted by molar-refractivity contribution is -0.127. The molecule has 1 saturated carbocycles. The van der Waals surface area contributed by atoms with Gasteiger partial charge in [0.15, 0.2) is 11.9 Å². The topological polar surface area (TPSA) is 56.5 Å². The number of Topliss-reactive ketones (excluding diaryl/α,β-unsaturated/α-hetero) is 1. The molecule has 1 heterocycles. The summed E-state index contributed by atoms with van der Waals surface area (Å²) in [5.41, 5.74) is 1.96. The van der Waals surface area contributed by atoms with Gasteiger partial charge in [0.2, 0.25) is 0 Å². The Morgan fingerprint density at radius 2 is 2.09 bits per heavy atom. The zero-order chi connectivity index (χ0) is 15.7. The van der Waals surface area contributed by atoms with Gasteiger partial charge in [-0.2, -0.15) is 0 Å². The van der Waals surface area contributed by atoms with E-state index in [1.54, 1.807) is 0 Å². The summed E-state index contributed by atoms with van der Waals surface area (Å²) in [4.78, 5) is 23.6. The summed E-state index contributed by atoms with van der Waals surface area (Å²) in [5.74, 6) is 0.790. The number of fused-ring (bicyclic) bond motifs is 1. The maximum Gasteiger partial charge on any atom is 0.336 e. The molecule has 1 atom stereocenters. The third kappa shape index (κ3) is 2.65. The molecule has 4 nitrogen and oxygen atoms in total. The van der Waals surface area contributed by atoms with E-state index < -0.39 is 0 Å². The van der Waals surface area contributed by atoms with E-state index >= 15 is 0 Å². The molecular formula is C18H20O4. The average molecular weight is 300 g/mol. The van der Waals surface area contributed by atoms with Gasteiger partial charge in [-0.1, -0.05) is 6.92 Å². The summed E-state index contributed by atoms with van der Waals surface area (Å²) < 4.78 is 11.3. The summed E-state index contributed by atoms with van der Waals surface area (Å²) >= 11 is 0. The second kappa shape index (κ2) is 5.95. The zero-order valence-electron chi connectivity index (χ0n) is 13.0. The van der Waals surface area contributed by atoms with Crippen molar-refractivity contribution in [3.05, 3.63) is 39.7 Å². The average Bonchev–Trinajstić information content (AvgIpc) is 2.52. The first-order valence-corrected chi connectivity index (χ1v) is 7.86. The van der Waals surface area contributed by atoms with Gasteiger partial charge in [-0.3, -0.25) is 4.79 Å². The maximum absolute atomic E-state index is 11.9. The van der Waals surface area contributed by atoms with Gasteiger partial charge in [-0.25, -0.2) is 4.79 Å². The zero-order valence-corrected chi connectivity index (χ0v) is 13.0. The molecule has 0 bridgehead atoms. The van der Waals surface area contributed by atoms with Crippen molar-refractivity contribution in [2.45, 2.75) is 52.1 Å². The highest BCUT2D eigenvalue weighted by Crippen LogP contribution is 2.30. The summed E-state index contributed by atoms with van der Waals surface area (Å²) in [6, 6.07) is 5.32. The molecule has 1 aliphatic carbocycles. The summed E-state index contributed by atoms with van der Waals surface area (Å²) in [6.45, 7) is 3.88. The van der Waals surface area contributed by atoms with E-state index in [-0.39, 0.29) is 17.5 Å². The number of ether oxygens (including phenoxy) is 1. The van der Waals surface area contributed by atoms with Crippen LogP contribution < -0.4 is 10.4 Å². The Morgan fingerprint density at radius 3 is 2.82 bits per heavy atom. The van der Waals surface area contributed by atoms with Gasteiger partial charge < -0.3 is 9.15 Å². The number of benzene rings is 1. The number of rotatable bonds is 3. The van der Waals surface area contributed by atoms with Crippen molar-refractivity contribution in [1.82, 2.24) is 0 Å². The molecular weight excluding hydrogens is 280 g/mol. The molecule has 3 rings (SSSR count). The fraction of sp³-hybridized carbons (Fsp3) is 0.444. The van der Waals surface area contributed by atoms with E-state index in [1.165, 1.54) is 6.07 Å². The van der Waals surface area contributed by atoms with Crippen LogP contribution in [0.25, 0.3) is 11.0 Å². The third-order valence-electron chi connectivity index (χ3n) is 4.35. The largest absolute Gasteiger partial charge is 0.482 e. The Labute approximate surface area is 129 Å². The van der Waals surface area contributed by atoms with E-state index in [1.807, 2.05) is 26.0 Å². The van der Waals surface area contributed by atoms with Crippen LogP contribution in [0.2, 0.25) is 0 Å². The van der Waals surface area contributed by atoms with Gasteiger partial charge in [0, 0.05) is 23.4 Å². The lowest BCUT2D eigenvalue weighted by Gasteiger charge is -2.23. The van der Waals surface area contributed by atoms with E-state index in [0.717, 1.165) is 42.2 Å². The predicted octanol–water partition coefficient (Wildman–Crippen LogP) is 3.55. The summed E-state index contributed by atoms with van der Waals surface area (Å²) in [6.07, 6.45) is 3.71. The molecule has 4 heteroatoms. The van der Waals surface area contributed by atoms with Gasteiger partial charge in [0.1, 0.15) is 11.3 Å².